The number of carbonyl (C=O) groups is 1. The second kappa shape index (κ2) is 8.96. The molecular weight excluding hydrogens is 440 g/mol. The lowest BCUT2D eigenvalue weighted by atomic mass is 10.1. The first-order valence-electron chi connectivity index (χ1n) is 7.19. The maximum atomic E-state index is 12.0. The number of carbonyl (C=O) groups excluding carboxylic acids is 1. The highest BCUT2D eigenvalue weighted by atomic mass is 79.9. The summed E-state index contributed by atoms with van der Waals surface area (Å²) in [6.45, 7) is 3.10. The molecule has 2 aromatic carbocycles. The van der Waals surface area contributed by atoms with Crippen LogP contribution in [0.15, 0.2) is 50.4 Å². The molecule has 0 spiro atoms. The number of phenolic OH excluding ortho intramolecular Hbond substituents is 1. The lowest BCUT2D eigenvalue weighted by molar-refractivity contribution is 0.0955. The molecule has 2 N–H and O–H groups in total. The van der Waals surface area contributed by atoms with E-state index in [4.69, 9.17) is 4.74 Å². The van der Waals surface area contributed by atoms with Crippen molar-refractivity contribution in [3.05, 3.63) is 62.0 Å². The van der Waals surface area contributed by atoms with Gasteiger partial charge in [0, 0.05) is 22.2 Å². The normalized spacial score (nSPS) is 11.0. The van der Waals surface area contributed by atoms with Crippen molar-refractivity contribution >= 4 is 44.0 Å². The lowest BCUT2D eigenvalue weighted by Gasteiger charge is -2.04. The summed E-state index contributed by atoms with van der Waals surface area (Å²) < 4.78 is 6.63. The van der Waals surface area contributed by atoms with E-state index in [1.807, 2.05) is 19.1 Å². The molecule has 0 heterocycles. The zero-order chi connectivity index (χ0) is 17.5. The van der Waals surface area contributed by atoms with Gasteiger partial charge in [0.2, 0.25) is 0 Å². The molecule has 0 atom stereocenters. The summed E-state index contributed by atoms with van der Waals surface area (Å²) in [6, 6.07) is 10.5. The van der Waals surface area contributed by atoms with Crippen molar-refractivity contribution < 1.29 is 14.6 Å². The number of benzene rings is 2. The lowest BCUT2D eigenvalue weighted by Crippen LogP contribution is -2.17. The van der Waals surface area contributed by atoms with Gasteiger partial charge in [-0.25, -0.2) is 5.43 Å². The Morgan fingerprint density at radius 3 is 2.67 bits per heavy atom. The third kappa shape index (κ3) is 5.15. The van der Waals surface area contributed by atoms with E-state index in [2.05, 4.69) is 42.4 Å². The van der Waals surface area contributed by atoms with E-state index in [1.165, 1.54) is 6.21 Å². The predicted molar refractivity (Wildman–Crippen MR) is 100 cm³/mol. The minimum atomic E-state index is -0.331. The third-order valence-electron chi connectivity index (χ3n) is 3.12. The molecule has 0 unspecified atom stereocenters. The van der Waals surface area contributed by atoms with E-state index >= 15 is 0 Å². The quantitative estimate of drug-likeness (QED) is 0.506. The first kappa shape index (κ1) is 18.6. The Balaban J connectivity index is 2.00. The topological polar surface area (TPSA) is 70.9 Å². The average Bonchev–Trinajstić information content (AvgIpc) is 2.57. The van der Waals surface area contributed by atoms with Crippen LogP contribution in [-0.4, -0.2) is 23.8 Å². The van der Waals surface area contributed by atoms with Gasteiger partial charge in [-0.1, -0.05) is 28.1 Å². The summed E-state index contributed by atoms with van der Waals surface area (Å²) in [6.07, 6.45) is 1.38. The summed E-state index contributed by atoms with van der Waals surface area (Å²) in [4.78, 5) is 12.0. The smallest absolute Gasteiger partial charge is 0.271 e. The van der Waals surface area contributed by atoms with Crippen LogP contribution in [0.25, 0.3) is 0 Å². The van der Waals surface area contributed by atoms with Gasteiger partial charge in [-0.05, 0) is 52.7 Å². The Bertz CT molecular complexity index is 746. The summed E-state index contributed by atoms with van der Waals surface area (Å²) in [5.74, 6) is -0.278. The van der Waals surface area contributed by atoms with Crippen molar-refractivity contribution in [1.29, 1.82) is 0 Å². The van der Waals surface area contributed by atoms with Crippen molar-refractivity contribution in [1.82, 2.24) is 5.43 Å². The fourth-order valence-electron chi connectivity index (χ4n) is 1.88. The van der Waals surface area contributed by atoms with Gasteiger partial charge in [-0.15, -0.1) is 0 Å². The summed E-state index contributed by atoms with van der Waals surface area (Å²) in [5, 5.41) is 13.8. The highest BCUT2D eigenvalue weighted by Crippen LogP contribution is 2.30. The molecule has 7 heteroatoms. The Morgan fingerprint density at radius 1 is 1.29 bits per heavy atom. The number of amides is 1. The maximum absolute atomic E-state index is 12.0. The van der Waals surface area contributed by atoms with E-state index in [0.717, 1.165) is 10.0 Å². The van der Waals surface area contributed by atoms with E-state index in [9.17, 15) is 9.90 Å². The van der Waals surface area contributed by atoms with Crippen LogP contribution in [0, 0.1) is 0 Å². The molecule has 0 fully saturated rings. The zero-order valence-electron chi connectivity index (χ0n) is 12.9. The van der Waals surface area contributed by atoms with Crippen molar-refractivity contribution in [2.24, 2.45) is 5.10 Å². The number of nitrogens with one attached hydrogen (secondary N) is 1. The first-order valence-corrected chi connectivity index (χ1v) is 8.78. The van der Waals surface area contributed by atoms with Crippen molar-refractivity contribution in [2.75, 3.05) is 6.61 Å². The highest BCUT2D eigenvalue weighted by molar-refractivity contribution is 9.11. The van der Waals surface area contributed by atoms with Gasteiger partial charge < -0.3 is 9.84 Å². The van der Waals surface area contributed by atoms with Gasteiger partial charge in [0.05, 0.1) is 17.3 Å². The van der Waals surface area contributed by atoms with Gasteiger partial charge in [0.1, 0.15) is 5.75 Å². The Kier molecular flexibility index (Phi) is 6.96. The predicted octanol–water partition coefficient (Wildman–Crippen LogP) is 4.22. The third-order valence-corrected chi connectivity index (χ3v) is 4.18. The molecule has 126 valence electrons. The molecule has 0 aromatic heterocycles. The number of nitrogens with zero attached hydrogens (tertiary/aromatic N) is 1. The summed E-state index contributed by atoms with van der Waals surface area (Å²) in [7, 11) is 0. The molecule has 0 aliphatic rings. The summed E-state index contributed by atoms with van der Waals surface area (Å²) >= 11 is 6.57. The number of ether oxygens (including phenoxy) is 1. The van der Waals surface area contributed by atoms with Gasteiger partial charge >= 0.3 is 0 Å². The zero-order valence-corrected chi connectivity index (χ0v) is 16.1. The minimum Gasteiger partial charge on any atom is -0.506 e. The number of hydrazone groups is 1. The fraction of sp³-hybridized carbons (Fsp3) is 0.176. The molecule has 2 rings (SSSR count). The van der Waals surface area contributed by atoms with Crippen LogP contribution < -0.4 is 5.43 Å². The molecule has 1 amide bonds. The Hall–Kier alpha value is -1.70. The SMILES string of the molecule is CCOCc1ccc(C(=O)NN=Cc2cc(Br)cc(Br)c2O)cc1. The molecule has 24 heavy (non-hydrogen) atoms. The van der Waals surface area contributed by atoms with Crippen molar-refractivity contribution in [3.8, 4) is 5.75 Å². The molecule has 0 saturated carbocycles. The highest BCUT2D eigenvalue weighted by Gasteiger charge is 2.07. The minimum absolute atomic E-state index is 0.0523. The molecule has 0 radical (unpaired) electrons. The van der Waals surface area contributed by atoms with Crippen LogP contribution in [0.4, 0.5) is 0 Å². The van der Waals surface area contributed by atoms with Crippen LogP contribution in [0.1, 0.15) is 28.4 Å². The Morgan fingerprint density at radius 2 is 2.00 bits per heavy atom. The van der Waals surface area contributed by atoms with E-state index in [0.29, 0.717) is 28.8 Å². The standard InChI is InChI=1S/C17H16Br2N2O3/c1-2-24-10-11-3-5-12(6-4-11)17(23)21-20-9-13-7-14(18)8-15(19)16(13)22/h3-9,22H,2,10H2,1H3,(H,21,23). The van der Waals surface area contributed by atoms with Gasteiger partial charge in [-0.3, -0.25) is 4.79 Å². The van der Waals surface area contributed by atoms with Crippen molar-refractivity contribution in [3.63, 3.8) is 0 Å². The van der Waals surface area contributed by atoms with E-state index in [1.54, 1.807) is 24.3 Å². The second-order valence-electron chi connectivity index (χ2n) is 4.86. The van der Waals surface area contributed by atoms with Gasteiger partial charge in [-0.2, -0.15) is 5.10 Å². The summed E-state index contributed by atoms with van der Waals surface area (Å²) in [5.41, 5.74) is 4.40. The second-order valence-corrected chi connectivity index (χ2v) is 6.63. The maximum Gasteiger partial charge on any atom is 0.271 e. The largest absolute Gasteiger partial charge is 0.506 e. The fourth-order valence-corrected chi connectivity index (χ4v) is 3.14. The molecule has 0 bridgehead atoms. The van der Waals surface area contributed by atoms with Crippen LogP contribution in [0.2, 0.25) is 0 Å². The van der Waals surface area contributed by atoms with Gasteiger partial charge in [0.15, 0.2) is 0 Å². The first-order chi connectivity index (χ1) is 11.5. The number of hydrogen-bond acceptors (Lipinski definition) is 4. The number of aromatic hydroxyl groups is 1. The van der Waals surface area contributed by atoms with Crippen LogP contribution in [0.5, 0.6) is 5.75 Å². The van der Waals surface area contributed by atoms with Crippen LogP contribution in [0.3, 0.4) is 0 Å². The monoisotopic (exact) mass is 454 g/mol. The molecule has 0 saturated heterocycles. The van der Waals surface area contributed by atoms with Crippen LogP contribution in [-0.2, 0) is 11.3 Å². The van der Waals surface area contributed by atoms with E-state index < -0.39 is 0 Å². The van der Waals surface area contributed by atoms with Gasteiger partial charge in [0.25, 0.3) is 5.91 Å². The number of phenols is 1. The molecule has 0 aliphatic heterocycles. The number of rotatable bonds is 6. The number of halogens is 2. The molecule has 0 aliphatic carbocycles. The molecular formula is C17H16Br2N2O3. The van der Waals surface area contributed by atoms with Crippen LogP contribution >= 0.6 is 31.9 Å². The molecule has 2 aromatic rings. The average molecular weight is 456 g/mol. The van der Waals surface area contributed by atoms with Crippen molar-refractivity contribution in [2.45, 2.75) is 13.5 Å². The van der Waals surface area contributed by atoms with E-state index in [-0.39, 0.29) is 11.7 Å². The molecule has 5 nitrogen and oxygen atoms in total. The number of hydrogen-bond donors (Lipinski definition) is 2. The Labute approximate surface area is 157 Å².